The van der Waals surface area contributed by atoms with E-state index in [1.165, 1.54) is 0 Å². The Bertz CT molecular complexity index is 417. The molecule has 2 rings (SSSR count). The van der Waals surface area contributed by atoms with Crippen molar-refractivity contribution in [2.24, 2.45) is 7.05 Å². The first kappa shape index (κ1) is 11.0. The standard InChI is InChI=1S/C11H17N3O2/c1-11(2,3)9-5-8(14(4)13-9)7-6-16-10(15)12-7/h5,7H,6H2,1-4H3,(H,12,15). The fraction of sp³-hybridized carbons (Fsp3) is 0.636. The van der Waals surface area contributed by atoms with Crippen LogP contribution in [0.15, 0.2) is 6.07 Å². The third kappa shape index (κ3) is 1.89. The molecule has 1 atom stereocenters. The van der Waals surface area contributed by atoms with Gasteiger partial charge in [0.25, 0.3) is 0 Å². The van der Waals surface area contributed by atoms with Gasteiger partial charge >= 0.3 is 6.09 Å². The van der Waals surface area contributed by atoms with Crippen molar-refractivity contribution in [3.8, 4) is 0 Å². The molecule has 16 heavy (non-hydrogen) atoms. The van der Waals surface area contributed by atoms with Crippen LogP contribution in [-0.2, 0) is 17.2 Å². The van der Waals surface area contributed by atoms with Gasteiger partial charge < -0.3 is 10.1 Å². The maximum absolute atomic E-state index is 11.0. The van der Waals surface area contributed by atoms with Crippen LogP contribution in [0.4, 0.5) is 4.79 Å². The van der Waals surface area contributed by atoms with E-state index >= 15 is 0 Å². The molecule has 5 heteroatoms. The second kappa shape index (κ2) is 3.50. The first-order chi connectivity index (χ1) is 7.38. The highest BCUT2D eigenvalue weighted by Gasteiger charge is 2.28. The number of cyclic esters (lactones) is 1. The van der Waals surface area contributed by atoms with Crippen molar-refractivity contribution in [3.63, 3.8) is 0 Å². The van der Waals surface area contributed by atoms with E-state index in [4.69, 9.17) is 4.74 Å². The molecule has 1 unspecified atom stereocenters. The van der Waals surface area contributed by atoms with E-state index in [1.807, 2.05) is 13.1 Å². The van der Waals surface area contributed by atoms with Crippen LogP contribution in [0.1, 0.15) is 38.2 Å². The fourth-order valence-electron chi connectivity index (χ4n) is 1.72. The Morgan fingerprint density at radius 1 is 1.56 bits per heavy atom. The smallest absolute Gasteiger partial charge is 0.407 e. The lowest BCUT2D eigenvalue weighted by Gasteiger charge is -2.13. The fourth-order valence-corrected chi connectivity index (χ4v) is 1.72. The molecule has 88 valence electrons. The number of hydrogen-bond donors (Lipinski definition) is 1. The largest absolute Gasteiger partial charge is 0.447 e. The molecule has 1 aromatic rings. The summed E-state index contributed by atoms with van der Waals surface area (Å²) in [5.41, 5.74) is 2.02. The lowest BCUT2D eigenvalue weighted by atomic mass is 9.92. The summed E-state index contributed by atoms with van der Waals surface area (Å²) in [7, 11) is 1.88. The number of carbonyl (C=O) groups excluding carboxylic acids is 1. The van der Waals surface area contributed by atoms with Crippen molar-refractivity contribution < 1.29 is 9.53 Å². The quantitative estimate of drug-likeness (QED) is 0.785. The van der Waals surface area contributed by atoms with Crippen LogP contribution in [0.5, 0.6) is 0 Å². The summed E-state index contributed by atoms with van der Waals surface area (Å²) in [4.78, 5) is 11.0. The van der Waals surface area contributed by atoms with Gasteiger partial charge in [-0.25, -0.2) is 4.79 Å². The lowest BCUT2D eigenvalue weighted by Crippen LogP contribution is -2.20. The zero-order chi connectivity index (χ0) is 11.9. The SMILES string of the molecule is Cn1nc(C(C)(C)C)cc1C1COC(=O)N1. The third-order valence-corrected chi connectivity index (χ3v) is 2.71. The molecule has 1 amide bonds. The number of aromatic nitrogens is 2. The lowest BCUT2D eigenvalue weighted by molar-refractivity contribution is 0.176. The van der Waals surface area contributed by atoms with Gasteiger partial charge in [-0.2, -0.15) is 5.10 Å². The Kier molecular flexibility index (Phi) is 2.40. The molecule has 2 heterocycles. The predicted octanol–water partition coefficient (Wildman–Crippen LogP) is 1.50. The van der Waals surface area contributed by atoms with Crippen molar-refractivity contribution in [1.29, 1.82) is 0 Å². The van der Waals surface area contributed by atoms with Gasteiger partial charge in [-0.05, 0) is 6.07 Å². The van der Waals surface area contributed by atoms with Crippen LogP contribution in [0.25, 0.3) is 0 Å². The van der Waals surface area contributed by atoms with Crippen LogP contribution >= 0.6 is 0 Å². The van der Waals surface area contributed by atoms with E-state index < -0.39 is 0 Å². The minimum Gasteiger partial charge on any atom is -0.447 e. The molecule has 0 aromatic carbocycles. The van der Waals surface area contributed by atoms with Gasteiger partial charge in [0.05, 0.1) is 11.4 Å². The summed E-state index contributed by atoms with van der Waals surface area (Å²) in [6.07, 6.45) is -0.358. The Hall–Kier alpha value is -1.52. The van der Waals surface area contributed by atoms with E-state index in [1.54, 1.807) is 4.68 Å². The van der Waals surface area contributed by atoms with Crippen molar-refractivity contribution in [2.75, 3.05) is 6.61 Å². The Morgan fingerprint density at radius 3 is 2.69 bits per heavy atom. The van der Waals surface area contributed by atoms with E-state index in [0.717, 1.165) is 11.4 Å². The van der Waals surface area contributed by atoms with Gasteiger partial charge in [0.15, 0.2) is 0 Å². The molecule has 1 aromatic heterocycles. The Morgan fingerprint density at radius 2 is 2.25 bits per heavy atom. The molecule has 1 aliphatic heterocycles. The second-order valence-electron chi connectivity index (χ2n) is 5.12. The van der Waals surface area contributed by atoms with Gasteiger partial charge in [-0.15, -0.1) is 0 Å². The molecule has 0 saturated carbocycles. The molecular formula is C11H17N3O2. The van der Waals surface area contributed by atoms with E-state index in [2.05, 4.69) is 31.2 Å². The first-order valence-electron chi connectivity index (χ1n) is 5.35. The van der Waals surface area contributed by atoms with Crippen LogP contribution in [0.3, 0.4) is 0 Å². The number of nitrogens with zero attached hydrogens (tertiary/aromatic N) is 2. The molecular weight excluding hydrogens is 206 g/mol. The van der Waals surface area contributed by atoms with Crippen LogP contribution in [0.2, 0.25) is 0 Å². The average molecular weight is 223 g/mol. The molecule has 0 spiro atoms. The van der Waals surface area contributed by atoms with E-state index in [-0.39, 0.29) is 17.6 Å². The highest BCUT2D eigenvalue weighted by atomic mass is 16.6. The molecule has 0 radical (unpaired) electrons. The van der Waals surface area contributed by atoms with Gasteiger partial charge in [0.1, 0.15) is 12.6 Å². The topological polar surface area (TPSA) is 56.2 Å². The summed E-state index contributed by atoms with van der Waals surface area (Å²) in [5.74, 6) is 0. The third-order valence-electron chi connectivity index (χ3n) is 2.71. The van der Waals surface area contributed by atoms with Crippen molar-refractivity contribution >= 4 is 6.09 Å². The number of aryl methyl sites for hydroxylation is 1. The average Bonchev–Trinajstić information content (AvgIpc) is 2.70. The maximum Gasteiger partial charge on any atom is 0.407 e. The number of nitrogens with one attached hydrogen (secondary N) is 1. The monoisotopic (exact) mass is 223 g/mol. The zero-order valence-corrected chi connectivity index (χ0v) is 10.1. The van der Waals surface area contributed by atoms with E-state index in [9.17, 15) is 4.79 Å². The van der Waals surface area contributed by atoms with Gasteiger partial charge in [0.2, 0.25) is 0 Å². The van der Waals surface area contributed by atoms with Crippen LogP contribution < -0.4 is 5.32 Å². The minimum absolute atomic E-state index is 0.0134. The van der Waals surface area contributed by atoms with E-state index in [0.29, 0.717) is 6.61 Å². The summed E-state index contributed by atoms with van der Waals surface area (Å²) < 4.78 is 6.68. The van der Waals surface area contributed by atoms with Gasteiger partial charge in [-0.1, -0.05) is 20.8 Å². The highest BCUT2D eigenvalue weighted by Crippen LogP contribution is 2.25. The number of ether oxygens (including phenoxy) is 1. The number of amides is 1. The highest BCUT2D eigenvalue weighted by molar-refractivity contribution is 5.69. The number of hydrogen-bond acceptors (Lipinski definition) is 3. The Labute approximate surface area is 94.8 Å². The summed E-state index contributed by atoms with van der Waals surface area (Å²) >= 11 is 0. The zero-order valence-electron chi connectivity index (χ0n) is 10.1. The molecule has 1 aliphatic rings. The summed E-state index contributed by atoms with van der Waals surface area (Å²) in [5, 5.41) is 7.22. The normalized spacial score (nSPS) is 20.8. The number of rotatable bonds is 1. The van der Waals surface area contributed by atoms with Crippen molar-refractivity contribution in [1.82, 2.24) is 15.1 Å². The van der Waals surface area contributed by atoms with Crippen LogP contribution in [0, 0.1) is 0 Å². The first-order valence-corrected chi connectivity index (χ1v) is 5.35. The van der Waals surface area contributed by atoms with Gasteiger partial charge in [-0.3, -0.25) is 4.68 Å². The molecule has 1 N–H and O–H groups in total. The molecule has 1 fully saturated rings. The predicted molar refractivity (Wildman–Crippen MR) is 59.1 cm³/mol. The molecule has 0 bridgehead atoms. The maximum atomic E-state index is 11.0. The van der Waals surface area contributed by atoms with Gasteiger partial charge in [0, 0.05) is 12.5 Å². The van der Waals surface area contributed by atoms with Crippen molar-refractivity contribution in [2.45, 2.75) is 32.2 Å². The summed E-state index contributed by atoms with van der Waals surface area (Å²) in [6, 6.07) is 1.95. The Balaban J connectivity index is 2.29. The van der Waals surface area contributed by atoms with Crippen molar-refractivity contribution in [3.05, 3.63) is 17.5 Å². The molecule has 5 nitrogen and oxygen atoms in total. The molecule has 1 saturated heterocycles. The molecule has 0 aliphatic carbocycles. The summed E-state index contributed by atoms with van der Waals surface area (Å²) in [6.45, 7) is 6.72. The van der Waals surface area contributed by atoms with Crippen LogP contribution in [-0.4, -0.2) is 22.5 Å². The second-order valence-corrected chi connectivity index (χ2v) is 5.12. The minimum atomic E-state index is -0.358. The number of carbonyl (C=O) groups is 1. The number of alkyl carbamates (subject to hydrolysis) is 1.